The lowest BCUT2D eigenvalue weighted by atomic mass is 9.88. The third-order valence-corrected chi connectivity index (χ3v) is 7.09. The minimum Gasteiger partial charge on any atom is -0.396 e. The number of hydrogen-bond donors (Lipinski definition) is 2. The quantitative estimate of drug-likeness (QED) is 0.218. The average Bonchev–Trinajstić information content (AvgIpc) is 3.09. The topological polar surface area (TPSA) is 76.0 Å². The van der Waals surface area contributed by atoms with Crippen LogP contribution in [0.2, 0.25) is 0 Å². The lowest BCUT2D eigenvalue weighted by molar-refractivity contribution is -0.203. The smallest absolute Gasteiger partial charge is 0.158 e. The van der Waals surface area contributed by atoms with Crippen molar-refractivity contribution in [2.24, 2.45) is 11.8 Å². The predicted octanol–water partition coefficient (Wildman–Crippen LogP) is 5.71. The van der Waals surface area contributed by atoms with Gasteiger partial charge in [0.25, 0.3) is 0 Å². The number of hydrogen-bond acceptors (Lipinski definition) is 5. The summed E-state index contributed by atoms with van der Waals surface area (Å²) in [5.74, 6) is 0.522. The van der Waals surface area contributed by atoms with Gasteiger partial charge in [-0.15, -0.1) is 0 Å². The van der Waals surface area contributed by atoms with Crippen molar-refractivity contribution >= 4 is 5.78 Å². The molecule has 2 aliphatic rings. The number of carbonyl (C=O) groups is 1. The normalized spacial score (nSPS) is 28.5. The van der Waals surface area contributed by atoms with Gasteiger partial charge in [0, 0.05) is 19.6 Å². The zero-order chi connectivity index (χ0) is 23.0. The van der Waals surface area contributed by atoms with Gasteiger partial charge in [-0.1, -0.05) is 64.4 Å². The van der Waals surface area contributed by atoms with Gasteiger partial charge in [-0.25, -0.2) is 0 Å². The average molecular weight is 453 g/mol. The molecule has 32 heavy (non-hydrogen) atoms. The highest BCUT2D eigenvalue weighted by molar-refractivity contribution is 5.89. The van der Waals surface area contributed by atoms with E-state index < -0.39 is 6.10 Å². The summed E-state index contributed by atoms with van der Waals surface area (Å²) < 4.78 is 11.9. The molecule has 0 amide bonds. The molecule has 0 bridgehead atoms. The number of aliphatic hydroxyl groups excluding tert-OH is 2. The third-order valence-electron chi connectivity index (χ3n) is 7.09. The van der Waals surface area contributed by atoms with E-state index in [0.29, 0.717) is 6.42 Å². The molecular weight excluding hydrogens is 404 g/mol. The minimum absolute atomic E-state index is 0.134. The molecule has 5 unspecified atom stereocenters. The van der Waals surface area contributed by atoms with E-state index >= 15 is 0 Å². The lowest BCUT2D eigenvalue weighted by Gasteiger charge is -2.28. The summed E-state index contributed by atoms with van der Waals surface area (Å²) in [4.78, 5) is 12.4. The first kappa shape index (κ1) is 27.5. The first-order chi connectivity index (χ1) is 15.7. The van der Waals surface area contributed by atoms with Crippen molar-refractivity contribution in [2.75, 3.05) is 13.2 Å². The zero-order valence-electron chi connectivity index (χ0n) is 20.4. The van der Waals surface area contributed by atoms with Gasteiger partial charge in [0.05, 0.1) is 12.2 Å². The Bertz CT molecular complexity index is 514. The summed E-state index contributed by atoms with van der Waals surface area (Å²) in [5, 5.41) is 20.0. The van der Waals surface area contributed by atoms with Crippen LogP contribution in [0.15, 0.2) is 12.2 Å². The fourth-order valence-corrected chi connectivity index (χ4v) is 5.11. The van der Waals surface area contributed by atoms with E-state index in [-0.39, 0.29) is 36.6 Å². The maximum absolute atomic E-state index is 12.4. The Balaban J connectivity index is 1.85. The highest BCUT2D eigenvalue weighted by Crippen LogP contribution is 2.39. The molecule has 186 valence electrons. The van der Waals surface area contributed by atoms with E-state index in [1.165, 1.54) is 19.3 Å². The monoisotopic (exact) mass is 452 g/mol. The van der Waals surface area contributed by atoms with Crippen LogP contribution in [-0.2, 0) is 14.3 Å². The molecule has 5 atom stereocenters. The number of aliphatic hydroxyl groups is 2. The van der Waals surface area contributed by atoms with Crippen molar-refractivity contribution in [1.29, 1.82) is 0 Å². The molecule has 0 aromatic heterocycles. The van der Waals surface area contributed by atoms with Crippen LogP contribution in [0, 0.1) is 11.8 Å². The van der Waals surface area contributed by atoms with Gasteiger partial charge in [-0.2, -0.15) is 0 Å². The molecule has 2 rings (SSSR count). The molecule has 2 fully saturated rings. The fraction of sp³-hybridized carbons (Fsp3) is 0.889. The summed E-state index contributed by atoms with van der Waals surface area (Å²) in [6.07, 6.45) is 19.4. The molecule has 5 nitrogen and oxygen atoms in total. The van der Waals surface area contributed by atoms with Crippen LogP contribution in [0.5, 0.6) is 0 Å². The van der Waals surface area contributed by atoms with Crippen LogP contribution >= 0.6 is 0 Å². The maximum atomic E-state index is 12.4. The van der Waals surface area contributed by atoms with E-state index in [1.807, 2.05) is 0 Å². The Morgan fingerprint density at radius 3 is 2.53 bits per heavy atom. The summed E-state index contributed by atoms with van der Waals surface area (Å²) in [5.41, 5.74) is 0. The van der Waals surface area contributed by atoms with Gasteiger partial charge in [0.15, 0.2) is 12.1 Å². The van der Waals surface area contributed by atoms with Gasteiger partial charge >= 0.3 is 0 Å². The molecular formula is C27H48O5. The number of carbonyl (C=O) groups excluding carboxylic acids is 1. The Morgan fingerprint density at radius 1 is 1.03 bits per heavy atom. The molecule has 1 saturated heterocycles. The zero-order valence-corrected chi connectivity index (χ0v) is 20.4. The van der Waals surface area contributed by atoms with Crippen molar-refractivity contribution in [1.82, 2.24) is 0 Å². The first-order valence-corrected chi connectivity index (χ1v) is 13.4. The van der Waals surface area contributed by atoms with Crippen LogP contribution in [0.1, 0.15) is 110 Å². The van der Waals surface area contributed by atoms with Gasteiger partial charge in [0.1, 0.15) is 0 Å². The van der Waals surface area contributed by atoms with Gasteiger partial charge in [-0.3, -0.25) is 4.79 Å². The van der Waals surface area contributed by atoms with E-state index in [1.54, 1.807) is 6.08 Å². The molecule has 1 aliphatic heterocycles. The largest absolute Gasteiger partial charge is 0.396 e. The van der Waals surface area contributed by atoms with Crippen LogP contribution in [0.25, 0.3) is 0 Å². The number of unbranched alkanes of at least 4 members (excludes halogenated alkanes) is 8. The minimum atomic E-state index is -0.503. The Hall–Kier alpha value is -0.750. The molecule has 0 aromatic carbocycles. The van der Waals surface area contributed by atoms with Gasteiger partial charge in [-0.05, 0) is 62.9 Å². The van der Waals surface area contributed by atoms with Crippen LogP contribution in [0.4, 0.5) is 0 Å². The maximum Gasteiger partial charge on any atom is 0.158 e. The molecule has 1 saturated carbocycles. The Labute approximate surface area is 196 Å². The standard InChI is InChI=1S/C27H48O5/c1-2-3-4-6-9-14-23(29)18-17-22-21-25(32-26-16-11-13-20-31-26)27(30)24(22)15-10-7-5-8-12-19-28/h17-18,22,24-28,30H,2-16,19-21H2,1H3. The number of allylic oxidation sites excluding steroid dienone is 2. The second-order valence-corrected chi connectivity index (χ2v) is 9.79. The van der Waals surface area contributed by atoms with Crippen LogP contribution in [-0.4, -0.2) is 47.7 Å². The second-order valence-electron chi connectivity index (χ2n) is 9.79. The SMILES string of the molecule is CCCCCCCC(=O)C=CC1CC(OC2CCCCO2)C(O)C1CCCCCCCO. The molecule has 1 aliphatic carbocycles. The molecule has 1 heterocycles. The summed E-state index contributed by atoms with van der Waals surface area (Å²) >= 11 is 0. The first-order valence-electron chi connectivity index (χ1n) is 13.4. The Kier molecular flexibility index (Phi) is 14.4. The predicted molar refractivity (Wildman–Crippen MR) is 128 cm³/mol. The molecule has 5 heteroatoms. The van der Waals surface area contributed by atoms with E-state index in [2.05, 4.69) is 13.0 Å². The van der Waals surface area contributed by atoms with Crippen LogP contribution in [0.3, 0.4) is 0 Å². The lowest BCUT2D eigenvalue weighted by Crippen LogP contribution is -2.34. The second kappa shape index (κ2) is 16.8. The van der Waals surface area contributed by atoms with Gasteiger partial charge in [0.2, 0.25) is 0 Å². The van der Waals surface area contributed by atoms with Crippen molar-refractivity contribution in [3.05, 3.63) is 12.2 Å². The fourth-order valence-electron chi connectivity index (χ4n) is 5.11. The molecule has 0 spiro atoms. The Morgan fingerprint density at radius 2 is 1.78 bits per heavy atom. The van der Waals surface area contributed by atoms with E-state index in [0.717, 1.165) is 83.7 Å². The number of rotatable bonds is 17. The highest BCUT2D eigenvalue weighted by Gasteiger charge is 2.42. The molecule has 0 aromatic rings. The van der Waals surface area contributed by atoms with Crippen molar-refractivity contribution in [3.63, 3.8) is 0 Å². The van der Waals surface area contributed by atoms with E-state index in [4.69, 9.17) is 14.6 Å². The number of ether oxygens (including phenoxy) is 2. The molecule has 2 N–H and O–H groups in total. The summed E-state index contributed by atoms with van der Waals surface area (Å²) in [6.45, 7) is 3.21. The van der Waals surface area contributed by atoms with Crippen molar-refractivity contribution < 1.29 is 24.5 Å². The molecule has 0 radical (unpaired) electrons. The summed E-state index contributed by atoms with van der Waals surface area (Å²) in [7, 11) is 0. The number of ketones is 1. The highest BCUT2D eigenvalue weighted by atomic mass is 16.7. The third kappa shape index (κ3) is 10.5. The van der Waals surface area contributed by atoms with Crippen molar-refractivity contribution in [2.45, 2.75) is 128 Å². The van der Waals surface area contributed by atoms with E-state index in [9.17, 15) is 9.90 Å². The van der Waals surface area contributed by atoms with Crippen LogP contribution < -0.4 is 0 Å². The summed E-state index contributed by atoms with van der Waals surface area (Å²) in [6, 6.07) is 0. The van der Waals surface area contributed by atoms with Gasteiger partial charge < -0.3 is 19.7 Å². The van der Waals surface area contributed by atoms with Crippen molar-refractivity contribution in [3.8, 4) is 0 Å².